The average Bonchev–Trinajstić information content (AvgIpc) is 3.11. The number of hydrogen-bond acceptors (Lipinski definition) is 4. The molecular formula is C17H23N2O3P. The second kappa shape index (κ2) is 7.22. The zero-order chi connectivity index (χ0) is 17.0. The van der Waals surface area contributed by atoms with E-state index in [1.165, 1.54) is 6.34 Å². The van der Waals surface area contributed by atoms with Crippen molar-refractivity contribution in [2.24, 2.45) is 16.3 Å². The quantitative estimate of drug-likeness (QED) is 0.375. The maximum Gasteiger partial charge on any atom is 0.310 e. The van der Waals surface area contributed by atoms with Crippen LogP contribution < -0.4 is 10.6 Å². The Labute approximate surface area is 139 Å². The number of hydrogen-bond donors (Lipinski definition) is 1. The van der Waals surface area contributed by atoms with Gasteiger partial charge < -0.3 is 10.1 Å². The van der Waals surface area contributed by atoms with Crippen molar-refractivity contribution in [2.75, 3.05) is 6.61 Å². The molecular weight excluding hydrogens is 311 g/mol. The molecule has 1 saturated carbocycles. The number of nitrogens with one attached hydrogen (secondary N) is 1. The van der Waals surface area contributed by atoms with E-state index >= 15 is 0 Å². The molecule has 1 aromatic carbocycles. The first-order chi connectivity index (χ1) is 10.8. The second-order valence-corrected chi connectivity index (χ2v) is 7.00. The van der Waals surface area contributed by atoms with Gasteiger partial charge in [0.1, 0.15) is 0 Å². The molecule has 2 rings (SSSR count). The van der Waals surface area contributed by atoms with Gasteiger partial charge in [-0.3, -0.25) is 9.59 Å². The lowest BCUT2D eigenvalue weighted by Crippen LogP contribution is -2.24. The first-order valence-electron chi connectivity index (χ1n) is 7.70. The van der Waals surface area contributed by atoms with E-state index in [1.807, 2.05) is 18.2 Å². The zero-order valence-corrected chi connectivity index (χ0v) is 14.9. The first kappa shape index (κ1) is 17.6. The molecule has 124 valence electrons. The third kappa shape index (κ3) is 4.87. The zero-order valence-electron chi connectivity index (χ0n) is 13.8. The van der Waals surface area contributed by atoms with Crippen LogP contribution in [0.5, 0.6) is 0 Å². The average molecular weight is 334 g/mol. The van der Waals surface area contributed by atoms with Gasteiger partial charge in [0, 0.05) is 5.92 Å². The van der Waals surface area contributed by atoms with Gasteiger partial charge in [-0.1, -0.05) is 19.9 Å². The predicted molar refractivity (Wildman–Crippen MR) is 94.3 cm³/mol. The molecule has 1 aliphatic carbocycles. The molecule has 0 saturated heterocycles. The van der Waals surface area contributed by atoms with Crippen LogP contribution in [0.3, 0.4) is 0 Å². The van der Waals surface area contributed by atoms with E-state index in [9.17, 15) is 9.59 Å². The topological polar surface area (TPSA) is 67.8 Å². The summed E-state index contributed by atoms with van der Waals surface area (Å²) < 4.78 is 4.94. The van der Waals surface area contributed by atoms with Crippen LogP contribution in [0.4, 0.5) is 5.69 Å². The lowest BCUT2D eigenvalue weighted by molar-refractivity contribution is -0.142. The molecule has 1 amide bonds. The Morgan fingerprint density at radius 2 is 2.17 bits per heavy atom. The molecule has 1 N–H and O–H groups in total. The molecule has 2 atom stereocenters. The minimum Gasteiger partial charge on any atom is -0.466 e. The molecule has 5 nitrogen and oxygen atoms in total. The summed E-state index contributed by atoms with van der Waals surface area (Å²) in [6, 6.07) is 5.51. The Morgan fingerprint density at radius 3 is 2.74 bits per heavy atom. The van der Waals surface area contributed by atoms with Crippen molar-refractivity contribution in [1.82, 2.24) is 5.32 Å². The third-order valence-corrected chi connectivity index (χ3v) is 4.56. The fourth-order valence-corrected chi connectivity index (χ4v) is 2.75. The summed E-state index contributed by atoms with van der Waals surface area (Å²) in [7, 11) is 2.59. The maximum absolute atomic E-state index is 11.9. The number of rotatable bonds is 6. The van der Waals surface area contributed by atoms with Crippen LogP contribution in [-0.4, -0.2) is 24.8 Å². The molecule has 1 aromatic rings. The number of ether oxygens (including phenoxy) is 1. The van der Waals surface area contributed by atoms with Crippen molar-refractivity contribution in [3.8, 4) is 0 Å². The second-order valence-electron chi connectivity index (χ2n) is 6.38. The number of nitrogens with zero attached hydrogens (tertiary/aromatic N) is 1. The van der Waals surface area contributed by atoms with Gasteiger partial charge in [0.05, 0.1) is 25.1 Å². The van der Waals surface area contributed by atoms with Crippen molar-refractivity contribution in [2.45, 2.75) is 33.6 Å². The summed E-state index contributed by atoms with van der Waals surface area (Å²) in [6.45, 7) is 6.33. The van der Waals surface area contributed by atoms with Gasteiger partial charge in [0.2, 0.25) is 5.91 Å². The summed E-state index contributed by atoms with van der Waals surface area (Å²) in [5.41, 5.74) is 1.72. The molecule has 0 spiro atoms. The van der Waals surface area contributed by atoms with Crippen molar-refractivity contribution in [3.63, 3.8) is 0 Å². The molecule has 1 fully saturated rings. The van der Waals surface area contributed by atoms with E-state index in [2.05, 4.69) is 33.4 Å². The highest BCUT2D eigenvalue weighted by Crippen LogP contribution is 2.51. The smallest absolute Gasteiger partial charge is 0.310 e. The summed E-state index contributed by atoms with van der Waals surface area (Å²) in [4.78, 5) is 27.6. The van der Waals surface area contributed by atoms with E-state index in [1.54, 1.807) is 6.92 Å². The molecule has 23 heavy (non-hydrogen) atoms. The summed E-state index contributed by atoms with van der Waals surface area (Å²) in [5, 5.41) is 3.61. The van der Waals surface area contributed by atoms with Crippen LogP contribution >= 0.6 is 9.24 Å². The van der Waals surface area contributed by atoms with Gasteiger partial charge in [-0.2, -0.15) is 0 Å². The number of carbonyl (C=O) groups is 2. The van der Waals surface area contributed by atoms with Crippen molar-refractivity contribution in [3.05, 3.63) is 23.8 Å². The van der Waals surface area contributed by atoms with Gasteiger partial charge in [-0.25, -0.2) is 4.99 Å². The highest BCUT2D eigenvalue weighted by molar-refractivity contribution is 7.27. The minimum absolute atomic E-state index is 0.0174. The van der Waals surface area contributed by atoms with Crippen LogP contribution in [0.15, 0.2) is 23.2 Å². The number of carbonyl (C=O) groups excluding carboxylic acids is 2. The Balaban J connectivity index is 1.91. The van der Waals surface area contributed by atoms with Crippen molar-refractivity contribution < 1.29 is 14.3 Å². The Morgan fingerprint density at radius 1 is 1.48 bits per heavy atom. The molecule has 0 radical (unpaired) electrons. The SMILES string of the molecule is CCOC(=O)Cc1ccc(N=CNC(=O)[C@H]2CC2(C)C)cc1P. The van der Waals surface area contributed by atoms with Crippen LogP contribution in [0.25, 0.3) is 0 Å². The molecule has 6 heteroatoms. The fourth-order valence-electron chi connectivity index (χ4n) is 2.38. The van der Waals surface area contributed by atoms with E-state index in [-0.39, 0.29) is 29.6 Å². The monoisotopic (exact) mass is 334 g/mol. The maximum atomic E-state index is 11.9. The van der Waals surface area contributed by atoms with Crippen molar-refractivity contribution >= 4 is 38.4 Å². The van der Waals surface area contributed by atoms with Crippen LogP contribution in [-0.2, 0) is 20.7 Å². The number of aliphatic imine (C=N–C) groups is 1. The van der Waals surface area contributed by atoms with Gasteiger partial charge >= 0.3 is 5.97 Å². The van der Waals surface area contributed by atoms with E-state index in [4.69, 9.17) is 4.74 Å². The van der Waals surface area contributed by atoms with E-state index in [0.717, 1.165) is 23.0 Å². The minimum atomic E-state index is -0.244. The predicted octanol–water partition coefficient (Wildman–Crippen LogP) is 2.11. The van der Waals surface area contributed by atoms with Gasteiger partial charge in [-0.05, 0) is 41.8 Å². The van der Waals surface area contributed by atoms with Crippen LogP contribution in [0.1, 0.15) is 32.8 Å². The van der Waals surface area contributed by atoms with Gasteiger partial charge in [0.15, 0.2) is 0 Å². The lowest BCUT2D eigenvalue weighted by Gasteiger charge is -2.06. The molecule has 0 heterocycles. The summed E-state index contributed by atoms with van der Waals surface area (Å²) in [6.07, 6.45) is 2.59. The Hall–Kier alpha value is -1.74. The normalized spacial score (nSPS) is 18.7. The summed E-state index contributed by atoms with van der Waals surface area (Å²) in [5.74, 6) is -0.145. The fraction of sp³-hybridized carbons (Fsp3) is 0.471. The molecule has 1 unspecified atom stereocenters. The highest BCUT2D eigenvalue weighted by Gasteiger charge is 2.50. The number of amides is 1. The standard InChI is InChI=1S/C17H23N2O3P/c1-4-22-15(20)7-11-5-6-12(8-14(11)23)18-10-19-16(21)13-9-17(13,2)3/h5-6,8,10,13H,4,7,9,23H2,1-3H3,(H,18,19,21)/t13-/m1/s1. The molecule has 0 aromatic heterocycles. The first-order valence-corrected chi connectivity index (χ1v) is 8.28. The highest BCUT2D eigenvalue weighted by atomic mass is 31.0. The molecule has 1 aliphatic rings. The largest absolute Gasteiger partial charge is 0.466 e. The molecule has 0 bridgehead atoms. The van der Waals surface area contributed by atoms with Crippen molar-refractivity contribution in [1.29, 1.82) is 0 Å². The van der Waals surface area contributed by atoms with Crippen LogP contribution in [0.2, 0.25) is 0 Å². The molecule has 0 aliphatic heterocycles. The van der Waals surface area contributed by atoms with Crippen LogP contribution in [0, 0.1) is 11.3 Å². The Kier molecular flexibility index (Phi) is 5.53. The van der Waals surface area contributed by atoms with Gasteiger partial charge in [-0.15, -0.1) is 9.24 Å². The number of benzene rings is 1. The Bertz CT molecular complexity index is 641. The lowest BCUT2D eigenvalue weighted by atomic mass is 10.1. The summed E-state index contributed by atoms with van der Waals surface area (Å²) >= 11 is 0. The van der Waals surface area contributed by atoms with Gasteiger partial charge in [0.25, 0.3) is 0 Å². The van der Waals surface area contributed by atoms with E-state index < -0.39 is 0 Å². The number of esters is 1. The third-order valence-electron chi connectivity index (χ3n) is 4.02. The van der Waals surface area contributed by atoms with E-state index in [0.29, 0.717) is 6.61 Å².